The number of rotatable bonds is 10. The highest BCUT2D eigenvalue weighted by molar-refractivity contribution is 7.80. The van der Waals surface area contributed by atoms with Gasteiger partial charge in [0.15, 0.2) is 0 Å². The lowest BCUT2D eigenvalue weighted by atomic mass is 10.0. The number of aliphatic carboxylic acids is 1. The summed E-state index contributed by atoms with van der Waals surface area (Å²) in [4.78, 5) is 36.8. The van der Waals surface area contributed by atoms with Gasteiger partial charge in [0.25, 0.3) is 0 Å². The summed E-state index contributed by atoms with van der Waals surface area (Å²) in [7, 11) is 0. The topological polar surface area (TPSA) is 162 Å². The van der Waals surface area contributed by atoms with Gasteiger partial charge in [-0.1, -0.05) is 24.3 Å². The number of benzene rings is 2. The van der Waals surface area contributed by atoms with Gasteiger partial charge in [-0.2, -0.15) is 12.6 Å². The standard InChI is InChI=1S/C21H25N3O6S/c22-16(11-31)19(27)23-17(9-12-1-5-14(25)6-2-12)20(28)24-18(21(29)30)10-13-3-7-15(26)8-4-13/h1-8,16-18,25-26,31H,9-11,22H2,(H,23,27)(H,24,28)(H,29,30)/t16-,17-,18-/m1/s1. The molecule has 166 valence electrons. The number of nitrogens with one attached hydrogen (secondary N) is 2. The molecule has 2 aromatic carbocycles. The molecule has 2 amide bonds. The summed E-state index contributed by atoms with van der Waals surface area (Å²) in [5, 5.41) is 33.3. The van der Waals surface area contributed by atoms with E-state index in [0.717, 1.165) is 0 Å². The third-order valence-corrected chi connectivity index (χ3v) is 4.93. The first-order valence-electron chi connectivity index (χ1n) is 9.45. The minimum atomic E-state index is -1.25. The molecular formula is C21H25N3O6S. The van der Waals surface area contributed by atoms with Crippen LogP contribution in [0.25, 0.3) is 0 Å². The monoisotopic (exact) mass is 447 g/mol. The van der Waals surface area contributed by atoms with E-state index in [2.05, 4.69) is 23.3 Å². The van der Waals surface area contributed by atoms with Gasteiger partial charge in [0, 0.05) is 18.6 Å². The van der Waals surface area contributed by atoms with Crippen molar-refractivity contribution < 1.29 is 29.7 Å². The van der Waals surface area contributed by atoms with Gasteiger partial charge in [-0.05, 0) is 35.4 Å². The first kappa shape index (κ1) is 24.0. The van der Waals surface area contributed by atoms with Gasteiger partial charge >= 0.3 is 5.97 Å². The molecule has 0 aliphatic carbocycles. The van der Waals surface area contributed by atoms with Crippen molar-refractivity contribution in [2.75, 3.05) is 5.75 Å². The van der Waals surface area contributed by atoms with Crippen molar-refractivity contribution in [2.45, 2.75) is 31.0 Å². The Labute approximate surface area is 184 Å². The summed E-state index contributed by atoms with van der Waals surface area (Å²) in [6.07, 6.45) is 0.0417. The lowest BCUT2D eigenvalue weighted by molar-refractivity contribution is -0.142. The molecule has 0 heterocycles. The number of hydrogen-bond donors (Lipinski definition) is 7. The summed E-state index contributed by atoms with van der Waals surface area (Å²) in [6, 6.07) is 8.72. The second-order valence-electron chi connectivity index (χ2n) is 6.99. The van der Waals surface area contributed by atoms with Crippen LogP contribution in [-0.2, 0) is 27.2 Å². The minimum absolute atomic E-state index is 0.0165. The van der Waals surface area contributed by atoms with Gasteiger partial charge in [-0.15, -0.1) is 0 Å². The van der Waals surface area contributed by atoms with E-state index in [-0.39, 0.29) is 30.1 Å². The van der Waals surface area contributed by atoms with E-state index in [4.69, 9.17) is 5.73 Å². The molecule has 2 aromatic rings. The number of carbonyl (C=O) groups excluding carboxylic acids is 2. The maximum absolute atomic E-state index is 12.9. The zero-order valence-corrected chi connectivity index (χ0v) is 17.5. The summed E-state index contributed by atoms with van der Waals surface area (Å²) in [6.45, 7) is 0. The van der Waals surface area contributed by atoms with Crippen LogP contribution < -0.4 is 16.4 Å². The molecule has 0 spiro atoms. The maximum atomic E-state index is 12.9. The van der Waals surface area contributed by atoms with Gasteiger partial charge in [0.05, 0.1) is 6.04 Å². The Balaban J connectivity index is 2.17. The van der Waals surface area contributed by atoms with Crippen LogP contribution >= 0.6 is 12.6 Å². The number of amides is 2. The molecule has 0 saturated heterocycles. The fraction of sp³-hybridized carbons (Fsp3) is 0.286. The Morgan fingerprint density at radius 2 is 1.23 bits per heavy atom. The molecular weight excluding hydrogens is 422 g/mol. The second-order valence-corrected chi connectivity index (χ2v) is 7.36. The Hall–Kier alpha value is -3.24. The van der Waals surface area contributed by atoms with E-state index >= 15 is 0 Å². The van der Waals surface area contributed by atoms with E-state index in [1.807, 2.05) is 0 Å². The molecule has 7 N–H and O–H groups in total. The zero-order valence-electron chi connectivity index (χ0n) is 16.6. The van der Waals surface area contributed by atoms with Crippen LogP contribution in [0.4, 0.5) is 0 Å². The minimum Gasteiger partial charge on any atom is -0.508 e. The molecule has 0 unspecified atom stereocenters. The molecule has 0 aliphatic heterocycles. The Morgan fingerprint density at radius 1 is 0.806 bits per heavy atom. The third-order valence-electron chi connectivity index (χ3n) is 4.53. The quantitative estimate of drug-likeness (QED) is 0.256. The van der Waals surface area contributed by atoms with Crippen molar-refractivity contribution in [3.05, 3.63) is 59.7 Å². The molecule has 0 aromatic heterocycles. The van der Waals surface area contributed by atoms with Gasteiger partial charge in [-0.25, -0.2) is 4.79 Å². The van der Waals surface area contributed by atoms with E-state index in [9.17, 15) is 29.7 Å². The number of phenols is 2. The zero-order chi connectivity index (χ0) is 23.0. The summed E-state index contributed by atoms with van der Waals surface area (Å²) >= 11 is 3.97. The number of carboxylic acids is 1. The first-order valence-corrected chi connectivity index (χ1v) is 10.1. The number of phenolic OH excluding ortho intramolecular Hbond substituents is 2. The fourth-order valence-corrected chi connectivity index (χ4v) is 2.94. The molecule has 31 heavy (non-hydrogen) atoms. The molecule has 0 saturated carbocycles. The Morgan fingerprint density at radius 3 is 1.65 bits per heavy atom. The predicted molar refractivity (Wildman–Crippen MR) is 117 cm³/mol. The number of aromatic hydroxyl groups is 2. The van der Waals surface area contributed by atoms with Gasteiger partial charge in [-0.3, -0.25) is 9.59 Å². The van der Waals surface area contributed by atoms with Crippen LogP contribution in [0.1, 0.15) is 11.1 Å². The summed E-state index contributed by atoms with van der Waals surface area (Å²) in [5.41, 5.74) is 6.91. The number of carbonyl (C=O) groups is 3. The first-order chi connectivity index (χ1) is 14.7. The van der Waals surface area contributed by atoms with E-state index in [1.165, 1.54) is 24.3 Å². The van der Waals surface area contributed by atoms with Gasteiger partial charge in [0.1, 0.15) is 23.6 Å². The molecule has 0 aliphatic rings. The number of carboxylic acid groups (broad SMARTS) is 1. The van der Waals surface area contributed by atoms with E-state index < -0.39 is 35.9 Å². The van der Waals surface area contributed by atoms with Crippen molar-refractivity contribution in [2.24, 2.45) is 5.73 Å². The van der Waals surface area contributed by atoms with Gasteiger partial charge in [0.2, 0.25) is 11.8 Å². The lowest BCUT2D eigenvalue weighted by Crippen LogP contribution is -2.55. The van der Waals surface area contributed by atoms with Crippen molar-refractivity contribution in [3.63, 3.8) is 0 Å². The number of nitrogens with two attached hydrogens (primary N) is 1. The SMILES string of the molecule is N[C@H](CS)C(=O)N[C@H](Cc1ccc(O)cc1)C(=O)N[C@H](Cc1ccc(O)cc1)C(=O)O. The van der Waals surface area contributed by atoms with Crippen molar-refractivity contribution in [1.29, 1.82) is 0 Å². The fourth-order valence-electron chi connectivity index (χ4n) is 2.78. The van der Waals surface area contributed by atoms with Crippen molar-refractivity contribution in [3.8, 4) is 11.5 Å². The largest absolute Gasteiger partial charge is 0.508 e. The van der Waals surface area contributed by atoms with Crippen LogP contribution in [0.5, 0.6) is 11.5 Å². The number of thiol groups is 1. The van der Waals surface area contributed by atoms with Crippen LogP contribution in [0.2, 0.25) is 0 Å². The maximum Gasteiger partial charge on any atom is 0.326 e. The predicted octanol–water partition coefficient (Wildman–Crippen LogP) is 0.194. The summed E-state index contributed by atoms with van der Waals surface area (Å²) < 4.78 is 0. The molecule has 9 nitrogen and oxygen atoms in total. The van der Waals surface area contributed by atoms with Gasteiger partial charge < -0.3 is 31.7 Å². The molecule has 0 fully saturated rings. The Kier molecular flexibility index (Phi) is 8.71. The van der Waals surface area contributed by atoms with Crippen molar-refractivity contribution in [1.82, 2.24) is 10.6 Å². The molecule has 0 bridgehead atoms. The highest BCUT2D eigenvalue weighted by Crippen LogP contribution is 2.13. The molecule has 0 radical (unpaired) electrons. The Bertz CT molecular complexity index is 904. The van der Waals surface area contributed by atoms with Crippen LogP contribution in [0.3, 0.4) is 0 Å². The van der Waals surface area contributed by atoms with E-state index in [0.29, 0.717) is 11.1 Å². The molecule has 2 rings (SSSR count). The van der Waals surface area contributed by atoms with Crippen LogP contribution in [0.15, 0.2) is 48.5 Å². The average molecular weight is 448 g/mol. The summed E-state index contributed by atoms with van der Waals surface area (Å²) in [5.74, 6) is -2.39. The number of hydrogen-bond acceptors (Lipinski definition) is 7. The highest BCUT2D eigenvalue weighted by atomic mass is 32.1. The van der Waals surface area contributed by atoms with Crippen molar-refractivity contribution >= 4 is 30.4 Å². The normalized spacial score (nSPS) is 13.6. The highest BCUT2D eigenvalue weighted by Gasteiger charge is 2.28. The average Bonchev–Trinajstić information content (AvgIpc) is 2.74. The molecule has 3 atom stereocenters. The smallest absolute Gasteiger partial charge is 0.326 e. The van der Waals surface area contributed by atoms with Crippen LogP contribution in [-0.4, -0.2) is 57.0 Å². The van der Waals surface area contributed by atoms with Crippen LogP contribution in [0, 0.1) is 0 Å². The molecule has 10 heteroatoms. The lowest BCUT2D eigenvalue weighted by Gasteiger charge is -2.23. The third kappa shape index (κ3) is 7.50. The second kappa shape index (κ2) is 11.2. The van der Waals surface area contributed by atoms with E-state index in [1.54, 1.807) is 24.3 Å².